The van der Waals surface area contributed by atoms with E-state index in [2.05, 4.69) is 37.2 Å². The molecule has 21 heavy (non-hydrogen) atoms. The maximum Gasteiger partial charge on any atom is 0.265 e. The molecular weight excluding hydrogens is 424 g/mol. The lowest BCUT2D eigenvalue weighted by Crippen LogP contribution is -2.14. The minimum atomic E-state index is -0.574. The van der Waals surface area contributed by atoms with E-state index < -0.39 is 5.91 Å². The summed E-state index contributed by atoms with van der Waals surface area (Å²) < 4.78 is 6.79. The van der Waals surface area contributed by atoms with Gasteiger partial charge in [0.25, 0.3) is 5.91 Å². The van der Waals surface area contributed by atoms with E-state index in [1.807, 2.05) is 0 Å². The zero-order valence-electron chi connectivity index (χ0n) is 10.8. The predicted molar refractivity (Wildman–Crippen MR) is 89.2 cm³/mol. The van der Waals surface area contributed by atoms with E-state index in [0.717, 1.165) is 8.26 Å². The molecule has 1 heterocycles. The molecule has 0 aliphatic heterocycles. The molecule has 2 aromatic rings. The van der Waals surface area contributed by atoms with Crippen molar-refractivity contribution in [3.63, 3.8) is 0 Å². The zero-order chi connectivity index (χ0) is 15.6. The van der Waals surface area contributed by atoms with Crippen LogP contribution in [0, 0.1) is 0 Å². The Bertz CT molecular complexity index is 696. The summed E-state index contributed by atoms with van der Waals surface area (Å²) in [6.07, 6.45) is 0. The number of halogens is 2. The number of anilines is 1. The molecule has 3 N–H and O–H groups in total. The Kier molecular flexibility index (Phi) is 5.02. The standard InChI is InChI=1S/C13H10Br2N2O3S/c1-20-9-3-2-6(12(16)18)4-8(9)17-13(19)10-5-7(14)11(15)21-10/h2-5H,1H3,(H2,16,18)(H,17,19). The fourth-order valence-corrected chi connectivity index (χ4v) is 3.53. The Hall–Kier alpha value is -1.38. The van der Waals surface area contributed by atoms with E-state index in [9.17, 15) is 9.59 Å². The highest BCUT2D eigenvalue weighted by molar-refractivity contribution is 9.13. The highest BCUT2D eigenvalue weighted by Gasteiger charge is 2.15. The van der Waals surface area contributed by atoms with Gasteiger partial charge < -0.3 is 15.8 Å². The van der Waals surface area contributed by atoms with Gasteiger partial charge in [-0.15, -0.1) is 11.3 Å². The van der Waals surface area contributed by atoms with Crippen molar-refractivity contribution in [3.05, 3.63) is 43.0 Å². The first-order valence-corrected chi connectivity index (χ1v) is 8.06. The molecule has 0 saturated carbocycles. The molecule has 0 atom stereocenters. The number of carbonyl (C=O) groups excluding carboxylic acids is 2. The molecule has 0 radical (unpaired) electrons. The third kappa shape index (κ3) is 3.63. The number of amides is 2. The maximum absolute atomic E-state index is 12.2. The topological polar surface area (TPSA) is 81.4 Å². The van der Waals surface area contributed by atoms with Gasteiger partial charge in [-0.1, -0.05) is 0 Å². The van der Waals surface area contributed by atoms with Gasteiger partial charge in [-0.25, -0.2) is 0 Å². The molecule has 8 heteroatoms. The average molecular weight is 434 g/mol. The number of rotatable bonds is 4. The molecule has 2 rings (SSSR count). The number of nitrogens with two attached hydrogens (primary N) is 1. The molecule has 0 aliphatic carbocycles. The molecule has 5 nitrogen and oxygen atoms in total. The molecule has 0 aliphatic rings. The Labute approximate surface area is 141 Å². The normalized spacial score (nSPS) is 10.2. The van der Waals surface area contributed by atoms with Crippen LogP contribution in [0.3, 0.4) is 0 Å². The molecule has 1 aromatic heterocycles. The number of primary amides is 1. The first kappa shape index (κ1) is 16.0. The minimum Gasteiger partial charge on any atom is -0.495 e. The SMILES string of the molecule is COc1ccc(C(N)=O)cc1NC(=O)c1cc(Br)c(Br)s1. The minimum absolute atomic E-state index is 0.291. The quantitative estimate of drug-likeness (QED) is 0.772. The Morgan fingerprint density at radius 3 is 2.52 bits per heavy atom. The van der Waals surface area contributed by atoms with Crippen LogP contribution in [0.1, 0.15) is 20.0 Å². The van der Waals surface area contributed by atoms with Gasteiger partial charge in [-0.05, 0) is 56.1 Å². The Morgan fingerprint density at radius 2 is 2.00 bits per heavy atom. The second-order valence-corrected chi connectivity index (χ2v) is 7.19. The molecule has 0 fully saturated rings. The third-order valence-corrected chi connectivity index (χ3v) is 5.86. The van der Waals surface area contributed by atoms with Crippen molar-refractivity contribution in [2.45, 2.75) is 0 Å². The van der Waals surface area contributed by atoms with Gasteiger partial charge in [0.2, 0.25) is 5.91 Å². The smallest absolute Gasteiger partial charge is 0.265 e. The van der Waals surface area contributed by atoms with E-state index in [-0.39, 0.29) is 5.91 Å². The summed E-state index contributed by atoms with van der Waals surface area (Å²) in [6, 6.07) is 6.30. The van der Waals surface area contributed by atoms with E-state index in [0.29, 0.717) is 21.9 Å². The number of methoxy groups -OCH3 is 1. The summed E-state index contributed by atoms with van der Waals surface area (Å²) in [5, 5.41) is 2.71. The van der Waals surface area contributed by atoms with Crippen LogP contribution in [0.5, 0.6) is 5.75 Å². The van der Waals surface area contributed by atoms with Crippen molar-refractivity contribution in [2.75, 3.05) is 12.4 Å². The number of hydrogen-bond donors (Lipinski definition) is 2. The van der Waals surface area contributed by atoms with Crippen LogP contribution in [-0.4, -0.2) is 18.9 Å². The van der Waals surface area contributed by atoms with Gasteiger partial charge in [-0.2, -0.15) is 0 Å². The fraction of sp³-hybridized carbons (Fsp3) is 0.0769. The van der Waals surface area contributed by atoms with Gasteiger partial charge in [0.1, 0.15) is 5.75 Å². The van der Waals surface area contributed by atoms with E-state index >= 15 is 0 Å². The molecular formula is C13H10Br2N2O3S. The largest absolute Gasteiger partial charge is 0.495 e. The van der Waals surface area contributed by atoms with Crippen LogP contribution < -0.4 is 15.8 Å². The molecule has 1 aromatic carbocycles. The van der Waals surface area contributed by atoms with Crippen LogP contribution in [0.2, 0.25) is 0 Å². The Balaban J connectivity index is 2.31. The van der Waals surface area contributed by atoms with Gasteiger partial charge >= 0.3 is 0 Å². The van der Waals surface area contributed by atoms with Crippen molar-refractivity contribution < 1.29 is 14.3 Å². The lowest BCUT2D eigenvalue weighted by Gasteiger charge is -2.10. The van der Waals surface area contributed by atoms with Crippen LogP contribution in [-0.2, 0) is 0 Å². The number of ether oxygens (including phenoxy) is 1. The summed E-state index contributed by atoms with van der Waals surface area (Å²) in [5.41, 5.74) is 5.92. The fourth-order valence-electron chi connectivity index (χ4n) is 1.60. The number of benzene rings is 1. The first-order valence-electron chi connectivity index (χ1n) is 5.66. The molecule has 0 saturated heterocycles. The predicted octanol–water partition coefficient (Wildman–Crippen LogP) is 3.63. The number of nitrogens with one attached hydrogen (secondary N) is 1. The van der Waals surface area contributed by atoms with Crippen molar-refractivity contribution >= 4 is 60.7 Å². The van der Waals surface area contributed by atoms with Crippen LogP contribution >= 0.6 is 43.2 Å². The number of carbonyl (C=O) groups is 2. The second-order valence-electron chi connectivity index (χ2n) is 3.97. The van der Waals surface area contributed by atoms with E-state index in [1.165, 1.54) is 30.6 Å². The number of hydrogen-bond acceptors (Lipinski definition) is 4. The lowest BCUT2D eigenvalue weighted by atomic mass is 10.1. The third-order valence-electron chi connectivity index (χ3n) is 2.60. The average Bonchev–Trinajstić information content (AvgIpc) is 2.78. The summed E-state index contributed by atoms with van der Waals surface area (Å²) in [5.74, 6) is -0.427. The van der Waals surface area contributed by atoms with Gasteiger partial charge in [0.15, 0.2) is 0 Å². The van der Waals surface area contributed by atoms with Crippen LogP contribution in [0.15, 0.2) is 32.5 Å². The highest BCUT2D eigenvalue weighted by Crippen LogP contribution is 2.33. The van der Waals surface area contributed by atoms with Crippen molar-refractivity contribution in [1.82, 2.24) is 0 Å². The highest BCUT2D eigenvalue weighted by atomic mass is 79.9. The van der Waals surface area contributed by atoms with Crippen LogP contribution in [0.4, 0.5) is 5.69 Å². The summed E-state index contributed by atoms with van der Waals surface area (Å²) >= 11 is 7.95. The Morgan fingerprint density at radius 1 is 1.29 bits per heavy atom. The zero-order valence-corrected chi connectivity index (χ0v) is 14.8. The molecule has 0 spiro atoms. The summed E-state index contributed by atoms with van der Waals surface area (Å²) in [7, 11) is 1.48. The van der Waals surface area contributed by atoms with Gasteiger partial charge in [-0.3, -0.25) is 9.59 Å². The number of thiophene rings is 1. The van der Waals surface area contributed by atoms with E-state index in [4.69, 9.17) is 10.5 Å². The first-order chi connectivity index (χ1) is 9.92. The summed E-state index contributed by atoms with van der Waals surface area (Å²) in [6.45, 7) is 0. The van der Waals surface area contributed by atoms with Crippen molar-refractivity contribution in [2.24, 2.45) is 5.73 Å². The molecule has 0 unspecified atom stereocenters. The summed E-state index contributed by atoms with van der Waals surface area (Å²) in [4.78, 5) is 23.9. The van der Waals surface area contributed by atoms with Gasteiger partial charge in [0, 0.05) is 10.0 Å². The van der Waals surface area contributed by atoms with Crippen molar-refractivity contribution in [3.8, 4) is 5.75 Å². The van der Waals surface area contributed by atoms with Gasteiger partial charge in [0.05, 0.1) is 21.5 Å². The molecule has 2 amide bonds. The lowest BCUT2D eigenvalue weighted by molar-refractivity contribution is 0.0996. The molecule has 110 valence electrons. The maximum atomic E-state index is 12.2. The van der Waals surface area contributed by atoms with E-state index in [1.54, 1.807) is 12.1 Å². The second kappa shape index (κ2) is 6.59. The van der Waals surface area contributed by atoms with Crippen LogP contribution in [0.25, 0.3) is 0 Å². The van der Waals surface area contributed by atoms with Crippen molar-refractivity contribution in [1.29, 1.82) is 0 Å². The monoisotopic (exact) mass is 432 g/mol. The molecule has 0 bridgehead atoms.